The minimum absolute atomic E-state index is 0.0865. The molecule has 0 saturated heterocycles. The topological polar surface area (TPSA) is 85.1 Å². The van der Waals surface area contributed by atoms with E-state index in [1.165, 1.54) is 16.8 Å². The lowest BCUT2D eigenvalue weighted by molar-refractivity contribution is 0.109. The van der Waals surface area contributed by atoms with Crippen molar-refractivity contribution in [3.05, 3.63) is 55.7 Å². The van der Waals surface area contributed by atoms with E-state index >= 15 is 0 Å². The minimum Gasteiger partial charge on any atom is -0.456 e. The van der Waals surface area contributed by atoms with Gasteiger partial charge in [-0.2, -0.15) is 0 Å². The maximum absolute atomic E-state index is 11.4. The van der Waals surface area contributed by atoms with Crippen LogP contribution in [0.2, 0.25) is 5.02 Å². The molecule has 0 saturated carbocycles. The fraction of sp³-hybridized carbons (Fsp3) is 0.100. The quantitative estimate of drug-likeness (QED) is 0.815. The third kappa shape index (κ3) is 2.36. The van der Waals surface area contributed by atoms with E-state index in [9.17, 15) is 14.4 Å². The molecule has 2 aromatic rings. The largest absolute Gasteiger partial charge is 0.456 e. The lowest BCUT2D eigenvalue weighted by atomic mass is 10.4. The maximum atomic E-state index is 11.4. The van der Waals surface area contributed by atoms with Crippen LogP contribution in [0.25, 0.3) is 0 Å². The van der Waals surface area contributed by atoms with Gasteiger partial charge in [0.15, 0.2) is 12.0 Å². The van der Waals surface area contributed by atoms with Gasteiger partial charge in [0.1, 0.15) is 10.8 Å². The van der Waals surface area contributed by atoms with Crippen molar-refractivity contribution in [2.24, 2.45) is 0 Å². The molecule has 7 heteroatoms. The van der Waals surface area contributed by atoms with Gasteiger partial charge in [0.2, 0.25) is 0 Å². The van der Waals surface area contributed by atoms with Gasteiger partial charge in [-0.05, 0) is 12.1 Å². The molecule has 88 valence electrons. The van der Waals surface area contributed by atoms with Crippen LogP contribution in [0.5, 0.6) is 0 Å². The van der Waals surface area contributed by atoms with Crippen molar-refractivity contribution in [2.75, 3.05) is 0 Å². The zero-order chi connectivity index (χ0) is 12.4. The first kappa shape index (κ1) is 11.4. The number of aldehydes is 1. The van der Waals surface area contributed by atoms with E-state index in [2.05, 4.69) is 4.98 Å². The van der Waals surface area contributed by atoms with Gasteiger partial charge < -0.3 is 4.42 Å². The first-order valence-electron chi connectivity index (χ1n) is 4.63. The van der Waals surface area contributed by atoms with E-state index in [1.807, 2.05) is 0 Å². The first-order chi connectivity index (χ1) is 8.10. The predicted molar refractivity (Wildman–Crippen MR) is 59.5 cm³/mol. The van der Waals surface area contributed by atoms with E-state index in [0.717, 1.165) is 0 Å². The molecule has 0 atom stereocenters. The lowest BCUT2D eigenvalue weighted by Gasteiger charge is -2.02. The highest BCUT2D eigenvalue weighted by Crippen LogP contribution is 2.07. The van der Waals surface area contributed by atoms with Gasteiger partial charge in [0.25, 0.3) is 5.56 Å². The van der Waals surface area contributed by atoms with Gasteiger partial charge in [-0.15, -0.1) is 0 Å². The van der Waals surface area contributed by atoms with Crippen molar-refractivity contribution in [2.45, 2.75) is 6.54 Å². The Morgan fingerprint density at radius 3 is 2.82 bits per heavy atom. The Labute approximate surface area is 99.4 Å². The molecule has 0 radical (unpaired) electrons. The molecule has 2 rings (SSSR count). The Kier molecular flexibility index (Phi) is 2.97. The zero-order valence-electron chi connectivity index (χ0n) is 8.47. The summed E-state index contributed by atoms with van der Waals surface area (Å²) in [4.78, 5) is 34.9. The van der Waals surface area contributed by atoms with Crippen LogP contribution < -0.4 is 11.2 Å². The van der Waals surface area contributed by atoms with Crippen LogP contribution >= 0.6 is 11.6 Å². The number of furan rings is 1. The van der Waals surface area contributed by atoms with Crippen molar-refractivity contribution >= 4 is 17.9 Å². The molecule has 0 aliphatic carbocycles. The molecule has 0 amide bonds. The van der Waals surface area contributed by atoms with E-state index in [4.69, 9.17) is 16.0 Å². The second-order valence-electron chi connectivity index (χ2n) is 3.29. The monoisotopic (exact) mass is 254 g/mol. The molecule has 0 unspecified atom stereocenters. The number of hydrogen-bond acceptors (Lipinski definition) is 4. The van der Waals surface area contributed by atoms with E-state index < -0.39 is 11.2 Å². The summed E-state index contributed by atoms with van der Waals surface area (Å²) in [5.74, 6) is 0.584. The van der Waals surface area contributed by atoms with Crippen molar-refractivity contribution < 1.29 is 9.21 Å². The van der Waals surface area contributed by atoms with E-state index in [-0.39, 0.29) is 17.3 Å². The standard InChI is InChI=1S/C10H7ClN2O4/c11-8-4-13(10(16)12-9(8)15)3-6-1-2-7(5-14)17-6/h1-2,4-5H,3H2,(H,12,15,16). The first-order valence-corrected chi connectivity index (χ1v) is 5.01. The molecule has 2 heterocycles. The SMILES string of the molecule is O=Cc1ccc(Cn2cc(Cl)c(=O)[nH]c2=O)o1. The molecule has 1 N–H and O–H groups in total. The molecule has 0 aliphatic heterocycles. The van der Waals surface area contributed by atoms with Crippen LogP contribution in [0, 0.1) is 0 Å². The maximum Gasteiger partial charge on any atom is 0.328 e. The Hall–Kier alpha value is -2.08. The summed E-state index contributed by atoms with van der Waals surface area (Å²) in [5, 5.41) is -0.0910. The van der Waals surface area contributed by atoms with Crippen LogP contribution in [-0.2, 0) is 6.54 Å². The molecular formula is C10H7ClN2O4. The third-order valence-electron chi connectivity index (χ3n) is 2.09. The highest BCUT2D eigenvalue weighted by molar-refractivity contribution is 6.30. The molecule has 0 spiro atoms. The summed E-state index contributed by atoms with van der Waals surface area (Å²) in [7, 11) is 0. The molecule has 0 aromatic carbocycles. The number of carbonyl (C=O) groups excluding carboxylic acids is 1. The number of nitrogens with zero attached hydrogens (tertiary/aromatic N) is 1. The summed E-state index contributed by atoms with van der Waals surface area (Å²) in [5.41, 5.74) is -1.23. The van der Waals surface area contributed by atoms with Gasteiger partial charge in [0, 0.05) is 6.20 Å². The molecule has 6 nitrogen and oxygen atoms in total. The molecule has 0 fully saturated rings. The number of H-pyrrole nitrogens is 1. The second-order valence-corrected chi connectivity index (χ2v) is 3.69. The molecule has 2 aromatic heterocycles. The predicted octanol–water partition coefficient (Wildman–Crippen LogP) is 0.644. The Morgan fingerprint density at radius 2 is 2.18 bits per heavy atom. The van der Waals surface area contributed by atoms with Crippen LogP contribution in [0.4, 0.5) is 0 Å². The van der Waals surface area contributed by atoms with Crippen molar-refractivity contribution in [3.8, 4) is 0 Å². The van der Waals surface area contributed by atoms with Gasteiger partial charge in [-0.3, -0.25) is 19.1 Å². The Morgan fingerprint density at radius 1 is 1.41 bits per heavy atom. The van der Waals surface area contributed by atoms with Gasteiger partial charge in [-0.1, -0.05) is 11.6 Å². The number of aromatic amines is 1. The summed E-state index contributed by atoms with van der Waals surface area (Å²) in [6, 6.07) is 3.05. The molecule has 0 bridgehead atoms. The molecule has 0 aliphatic rings. The fourth-order valence-electron chi connectivity index (χ4n) is 1.31. The number of nitrogens with one attached hydrogen (secondary N) is 1. The number of aromatic nitrogens is 2. The average molecular weight is 255 g/mol. The minimum atomic E-state index is -0.638. The Balaban J connectivity index is 2.36. The number of rotatable bonds is 3. The Bertz CT molecular complexity index is 667. The van der Waals surface area contributed by atoms with Crippen LogP contribution in [0.3, 0.4) is 0 Å². The summed E-state index contributed by atoms with van der Waals surface area (Å²) >= 11 is 5.59. The van der Waals surface area contributed by atoms with Crippen LogP contribution in [-0.4, -0.2) is 15.8 Å². The van der Waals surface area contributed by atoms with E-state index in [0.29, 0.717) is 12.0 Å². The smallest absolute Gasteiger partial charge is 0.328 e. The molecule has 17 heavy (non-hydrogen) atoms. The van der Waals surface area contributed by atoms with Gasteiger partial charge in [0.05, 0.1) is 6.54 Å². The zero-order valence-corrected chi connectivity index (χ0v) is 9.23. The van der Waals surface area contributed by atoms with Gasteiger partial charge >= 0.3 is 5.69 Å². The molecular weight excluding hydrogens is 248 g/mol. The van der Waals surface area contributed by atoms with Crippen molar-refractivity contribution in [3.63, 3.8) is 0 Å². The van der Waals surface area contributed by atoms with Crippen molar-refractivity contribution in [1.29, 1.82) is 0 Å². The lowest BCUT2D eigenvalue weighted by Crippen LogP contribution is -2.29. The van der Waals surface area contributed by atoms with Crippen molar-refractivity contribution in [1.82, 2.24) is 9.55 Å². The number of carbonyl (C=O) groups is 1. The average Bonchev–Trinajstić information content (AvgIpc) is 2.73. The second kappa shape index (κ2) is 4.42. The highest BCUT2D eigenvalue weighted by atomic mass is 35.5. The summed E-state index contributed by atoms with van der Waals surface area (Å²) in [6.45, 7) is 0.0865. The highest BCUT2D eigenvalue weighted by Gasteiger charge is 2.06. The van der Waals surface area contributed by atoms with Gasteiger partial charge in [-0.25, -0.2) is 4.79 Å². The van der Waals surface area contributed by atoms with Crippen LogP contribution in [0.1, 0.15) is 16.3 Å². The number of halogens is 1. The fourth-order valence-corrected chi connectivity index (χ4v) is 1.48. The number of hydrogen-bond donors (Lipinski definition) is 1. The third-order valence-corrected chi connectivity index (χ3v) is 2.36. The summed E-state index contributed by atoms with van der Waals surface area (Å²) in [6.07, 6.45) is 1.78. The van der Waals surface area contributed by atoms with E-state index in [1.54, 1.807) is 6.07 Å². The normalized spacial score (nSPS) is 10.4. The van der Waals surface area contributed by atoms with Crippen LogP contribution in [0.15, 0.2) is 32.3 Å². The summed E-state index contributed by atoms with van der Waals surface area (Å²) < 4.78 is 6.28.